The molecule has 0 spiro atoms. The molecule has 0 heterocycles. The second kappa shape index (κ2) is 11.2. The van der Waals surface area contributed by atoms with Gasteiger partial charge in [0, 0.05) is 0 Å². The number of carbonyl (C=O) groups is 4. The van der Waals surface area contributed by atoms with Gasteiger partial charge in [-0.25, -0.2) is 14.4 Å². The van der Waals surface area contributed by atoms with Crippen LogP contribution in [0.25, 0.3) is 0 Å². The highest BCUT2D eigenvalue weighted by molar-refractivity contribution is 5.90. The van der Waals surface area contributed by atoms with Crippen LogP contribution in [0.15, 0.2) is 60.7 Å². The first-order chi connectivity index (χ1) is 13.9. The number of hydrogen-bond donors (Lipinski definition) is 1. The summed E-state index contributed by atoms with van der Waals surface area (Å²) in [6.07, 6.45) is -3.18. The highest BCUT2D eigenvalue weighted by atomic mass is 16.7. The van der Waals surface area contributed by atoms with Crippen molar-refractivity contribution in [2.75, 3.05) is 0 Å². The molecule has 0 amide bonds. The highest BCUT2D eigenvalue weighted by Crippen LogP contribution is 2.05. The summed E-state index contributed by atoms with van der Waals surface area (Å²) in [6.45, 7) is -0.189. The Morgan fingerprint density at radius 1 is 0.724 bits per heavy atom. The minimum atomic E-state index is -1.52. The van der Waals surface area contributed by atoms with E-state index in [9.17, 15) is 19.2 Å². The zero-order valence-electron chi connectivity index (χ0n) is 15.3. The lowest BCUT2D eigenvalue weighted by Crippen LogP contribution is -2.36. The van der Waals surface area contributed by atoms with Gasteiger partial charge in [0.25, 0.3) is 0 Å². The molecule has 9 heteroatoms. The van der Waals surface area contributed by atoms with Gasteiger partial charge >= 0.3 is 24.2 Å². The quantitative estimate of drug-likeness (QED) is 0.549. The monoisotopic (exact) mass is 401 g/mol. The van der Waals surface area contributed by atoms with E-state index in [1.807, 2.05) is 0 Å². The van der Waals surface area contributed by atoms with Gasteiger partial charge < -0.3 is 24.7 Å². The molecule has 0 aliphatic rings. The largest absolute Gasteiger partial charge is 0.516 e. The molecule has 0 fully saturated rings. The summed E-state index contributed by atoms with van der Waals surface area (Å²) in [5, 5.41) is 0. The molecule has 2 aromatic rings. The molecule has 29 heavy (non-hydrogen) atoms. The van der Waals surface area contributed by atoms with Gasteiger partial charge in [-0.1, -0.05) is 60.7 Å². The van der Waals surface area contributed by atoms with Gasteiger partial charge in [0.1, 0.15) is 19.3 Å². The maximum Gasteiger partial charge on any atom is 0.516 e. The molecule has 9 nitrogen and oxygen atoms in total. The van der Waals surface area contributed by atoms with E-state index in [0.717, 1.165) is 0 Å². The normalized spacial score (nSPS) is 11.1. The SMILES string of the molecule is N[C@@H](CC(=O)OC(=O)OCc1ccccc1)C(=O)OC(=O)OCc1ccccc1. The summed E-state index contributed by atoms with van der Waals surface area (Å²) >= 11 is 0. The topological polar surface area (TPSA) is 131 Å². The van der Waals surface area contributed by atoms with Gasteiger partial charge in [-0.05, 0) is 11.1 Å². The molecule has 0 aliphatic carbocycles. The van der Waals surface area contributed by atoms with Crippen LogP contribution in [0.4, 0.5) is 9.59 Å². The van der Waals surface area contributed by atoms with Crippen LogP contribution < -0.4 is 5.73 Å². The standard InChI is InChI=1S/C20H19NO8/c21-16(18(23)29-20(25)27-13-15-9-5-2-6-10-15)11-17(22)28-19(24)26-12-14-7-3-1-4-8-14/h1-10,16H,11-13,21H2/t16-/m0/s1. The van der Waals surface area contributed by atoms with Crippen LogP contribution in [0.5, 0.6) is 0 Å². The van der Waals surface area contributed by atoms with Crippen molar-refractivity contribution in [3.05, 3.63) is 71.8 Å². The predicted molar refractivity (Wildman–Crippen MR) is 98.0 cm³/mol. The smallest absolute Gasteiger partial charge is 0.429 e. The lowest BCUT2D eigenvalue weighted by atomic mass is 10.2. The lowest BCUT2D eigenvalue weighted by molar-refractivity contribution is -0.148. The molecule has 0 saturated carbocycles. The summed E-state index contributed by atoms with van der Waals surface area (Å²) < 4.78 is 18.3. The summed E-state index contributed by atoms with van der Waals surface area (Å²) in [5.41, 5.74) is 6.87. The first-order valence-corrected chi connectivity index (χ1v) is 8.53. The number of esters is 2. The van der Waals surface area contributed by atoms with Gasteiger partial charge in [0.2, 0.25) is 0 Å². The van der Waals surface area contributed by atoms with Gasteiger partial charge in [-0.3, -0.25) is 4.79 Å². The van der Waals surface area contributed by atoms with E-state index >= 15 is 0 Å². The number of benzene rings is 2. The van der Waals surface area contributed by atoms with Crippen molar-refractivity contribution in [3.8, 4) is 0 Å². The zero-order valence-corrected chi connectivity index (χ0v) is 15.3. The maximum atomic E-state index is 11.7. The van der Waals surface area contributed by atoms with Crippen LogP contribution in [-0.2, 0) is 41.8 Å². The Morgan fingerprint density at radius 2 is 1.17 bits per heavy atom. The molecule has 2 N–H and O–H groups in total. The molecule has 152 valence electrons. The Bertz CT molecular complexity index is 838. The average Bonchev–Trinajstić information content (AvgIpc) is 2.72. The van der Waals surface area contributed by atoms with Crippen molar-refractivity contribution in [3.63, 3.8) is 0 Å². The Hall–Kier alpha value is -3.72. The number of ether oxygens (including phenoxy) is 4. The maximum absolute atomic E-state index is 11.7. The Morgan fingerprint density at radius 3 is 1.66 bits per heavy atom. The van der Waals surface area contributed by atoms with E-state index in [-0.39, 0.29) is 13.2 Å². The van der Waals surface area contributed by atoms with Crippen molar-refractivity contribution < 1.29 is 38.1 Å². The van der Waals surface area contributed by atoms with Gasteiger partial charge in [0.05, 0.1) is 6.42 Å². The number of rotatable bonds is 7. The first-order valence-electron chi connectivity index (χ1n) is 8.53. The van der Waals surface area contributed by atoms with Crippen molar-refractivity contribution in [1.29, 1.82) is 0 Å². The van der Waals surface area contributed by atoms with Crippen LogP contribution in [-0.4, -0.2) is 30.3 Å². The average molecular weight is 401 g/mol. The number of carbonyl (C=O) groups excluding carboxylic acids is 4. The molecular weight excluding hydrogens is 382 g/mol. The van der Waals surface area contributed by atoms with Crippen LogP contribution in [0.2, 0.25) is 0 Å². The summed E-state index contributed by atoms with van der Waals surface area (Å²) in [5.74, 6) is -2.30. The third kappa shape index (κ3) is 8.22. The molecule has 0 radical (unpaired) electrons. The van der Waals surface area contributed by atoms with Crippen molar-refractivity contribution in [2.45, 2.75) is 25.7 Å². The summed E-state index contributed by atoms with van der Waals surface area (Å²) in [6, 6.07) is 16.0. The summed E-state index contributed by atoms with van der Waals surface area (Å²) in [4.78, 5) is 46.4. The molecule has 2 aromatic carbocycles. The van der Waals surface area contributed by atoms with Crippen LogP contribution >= 0.6 is 0 Å². The van der Waals surface area contributed by atoms with Crippen LogP contribution in [0.1, 0.15) is 17.5 Å². The van der Waals surface area contributed by atoms with Crippen molar-refractivity contribution >= 4 is 24.2 Å². The molecule has 0 aliphatic heterocycles. The fourth-order valence-electron chi connectivity index (χ4n) is 2.05. The Balaban J connectivity index is 1.67. The minimum Gasteiger partial charge on any atom is -0.429 e. The first kappa shape index (κ1) is 21.6. The van der Waals surface area contributed by atoms with E-state index < -0.39 is 36.7 Å². The zero-order chi connectivity index (χ0) is 21.1. The number of nitrogens with two attached hydrogens (primary N) is 1. The van der Waals surface area contributed by atoms with Crippen LogP contribution in [0.3, 0.4) is 0 Å². The highest BCUT2D eigenvalue weighted by Gasteiger charge is 2.25. The fraction of sp³-hybridized carbons (Fsp3) is 0.200. The molecule has 0 unspecified atom stereocenters. The van der Waals surface area contributed by atoms with E-state index in [1.54, 1.807) is 60.7 Å². The molecule has 0 saturated heterocycles. The molecular formula is C20H19NO8. The Kier molecular flexibility index (Phi) is 8.33. The van der Waals surface area contributed by atoms with E-state index in [2.05, 4.69) is 9.47 Å². The Labute approximate surface area is 166 Å². The lowest BCUT2D eigenvalue weighted by Gasteiger charge is -2.10. The van der Waals surface area contributed by atoms with E-state index in [4.69, 9.17) is 15.2 Å². The summed E-state index contributed by atoms with van der Waals surface area (Å²) in [7, 11) is 0. The number of hydrogen-bond acceptors (Lipinski definition) is 9. The molecule has 0 aromatic heterocycles. The van der Waals surface area contributed by atoms with Gasteiger partial charge in [0.15, 0.2) is 0 Å². The van der Waals surface area contributed by atoms with Crippen molar-refractivity contribution in [2.24, 2.45) is 5.73 Å². The third-order valence-electron chi connectivity index (χ3n) is 3.47. The predicted octanol–water partition coefficient (Wildman–Crippen LogP) is 2.46. The molecule has 1 atom stereocenters. The molecule has 0 bridgehead atoms. The minimum absolute atomic E-state index is 0.0890. The van der Waals surface area contributed by atoms with Crippen molar-refractivity contribution in [1.82, 2.24) is 0 Å². The van der Waals surface area contributed by atoms with Gasteiger partial charge in [-0.2, -0.15) is 0 Å². The van der Waals surface area contributed by atoms with Crippen LogP contribution in [0, 0.1) is 0 Å². The fourth-order valence-corrected chi connectivity index (χ4v) is 2.05. The molecule has 2 rings (SSSR count). The van der Waals surface area contributed by atoms with E-state index in [1.165, 1.54) is 0 Å². The second-order valence-corrected chi connectivity index (χ2v) is 5.75. The van der Waals surface area contributed by atoms with E-state index in [0.29, 0.717) is 11.1 Å². The third-order valence-corrected chi connectivity index (χ3v) is 3.47. The second-order valence-electron chi connectivity index (χ2n) is 5.75. The van der Waals surface area contributed by atoms with Gasteiger partial charge in [-0.15, -0.1) is 0 Å².